The molecule has 1 heterocycles. The molecule has 1 aromatic carbocycles. The Morgan fingerprint density at radius 3 is 2.61 bits per heavy atom. The molecule has 0 aliphatic carbocycles. The first-order valence-electron chi connectivity index (χ1n) is 5.02. The minimum atomic E-state index is -1.12. The van der Waals surface area contributed by atoms with Gasteiger partial charge in [0.1, 0.15) is 11.6 Å². The number of hydrogen-bond acceptors (Lipinski definition) is 3. The molecule has 0 saturated carbocycles. The van der Waals surface area contributed by atoms with Gasteiger partial charge < -0.3 is 10.1 Å². The minimum Gasteiger partial charge on any atom is -0.481 e. The van der Waals surface area contributed by atoms with Crippen molar-refractivity contribution >= 4 is 40.2 Å². The quantitative estimate of drug-likeness (QED) is 0.888. The average Bonchev–Trinajstić information content (AvgIpc) is 2.29. The van der Waals surface area contributed by atoms with E-state index >= 15 is 0 Å². The highest BCUT2D eigenvalue weighted by Crippen LogP contribution is 2.25. The Kier molecular flexibility index (Phi) is 3.28. The number of carboxylic acid groups (broad SMARTS) is 1. The average molecular weight is 287 g/mol. The third-order valence-corrected chi connectivity index (χ3v) is 3.26. The monoisotopic (exact) mass is 286 g/mol. The zero-order valence-electron chi connectivity index (χ0n) is 9.20. The lowest BCUT2D eigenvalue weighted by atomic mass is 10.1. The van der Waals surface area contributed by atoms with Crippen LogP contribution in [0.5, 0.6) is 0 Å². The molecule has 0 aliphatic rings. The first-order chi connectivity index (χ1) is 8.40. The zero-order valence-corrected chi connectivity index (χ0v) is 10.7. The van der Waals surface area contributed by atoms with E-state index in [1.807, 2.05) is 0 Å². The second-order valence-corrected chi connectivity index (χ2v) is 4.61. The van der Waals surface area contributed by atoms with Crippen LogP contribution >= 0.6 is 23.2 Å². The maximum atomic E-state index is 11.7. The molecule has 0 bridgehead atoms. The highest BCUT2D eigenvalue weighted by Gasteiger charge is 2.19. The fraction of sp³-hybridized carbons (Fsp3) is 0.182. The number of aromatic amines is 1. The van der Waals surface area contributed by atoms with Crippen molar-refractivity contribution in [3.63, 3.8) is 0 Å². The van der Waals surface area contributed by atoms with Crippen LogP contribution in [-0.4, -0.2) is 21.0 Å². The Balaban J connectivity index is 2.72. The lowest BCUT2D eigenvalue weighted by Gasteiger charge is -2.06. The molecule has 0 saturated heterocycles. The number of carboxylic acids is 1. The van der Waals surface area contributed by atoms with Crippen molar-refractivity contribution in [2.75, 3.05) is 0 Å². The van der Waals surface area contributed by atoms with Gasteiger partial charge in [0.2, 0.25) is 0 Å². The van der Waals surface area contributed by atoms with Gasteiger partial charge in [0.25, 0.3) is 5.56 Å². The predicted molar refractivity (Wildman–Crippen MR) is 68.4 cm³/mol. The van der Waals surface area contributed by atoms with E-state index in [9.17, 15) is 9.59 Å². The fourth-order valence-electron chi connectivity index (χ4n) is 1.51. The van der Waals surface area contributed by atoms with Crippen LogP contribution in [0.4, 0.5) is 0 Å². The first kappa shape index (κ1) is 12.9. The molecule has 18 heavy (non-hydrogen) atoms. The number of fused-ring (bicyclic) bond motifs is 1. The van der Waals surface area contributed by atoms with Crippen LogP contribution in [0.15, 0.2) is 16.9 Å². The van der Waals surface area contributed by atoms with E-state index in [1.54, 1.807) is 0 Å². The number of benzene rings is 1. The zero-order chi connectivity index (χ0) is 13.4. The van der Waals surface area contributed by atoms with Crippen LogP contribution in [0.1, 0.15) is 18.5 Å². The molecule has 94 valence electrons. The van der Waals surface area contributed by atoms with E-state index in [-0.39, 0.29) is 10.7 Å². The van der Waals surface area contributed by atoms with Gasteiger partial charge in [0.15, 0.2) is 0 Å². The van der Waals surface area contributed by atoms with Crippen LogP contribution in [0.3, 0.4) is 0 Å². The molecule has 0 amide bonds. The molecule has 7 heteroatoms. The number of nitrogens with one attached hydrogen (secondary N) is 1. The van der Waals surface area contributed by atoms with Gasteiger partial charge in [-0.1, -0.05) is 23.2 Å². The number of hydrogen-bond donors (Lipinski definition) is 2. The summed E-state index contributed by atoms with van der Waals surface area (Å²) in [5.41, 5.74) is 0.201. The summed E-state index contributed by atoms with van der Waals surface area (Å²) < 4.78 is 0. The molecule has 5 nitrogen and oxygen atoms in total. The third kappa shape index (κ3) is 2.19. The van der Waals surface area contributed by atoms with E-state index < -0.39 is 17.4 Å². The molecular weight excluding hydrogens is 279 g/mol. The van der Waals surface area contributed by atoms with Crippen molar-refractivity contribution < 1.29 is 9.90 Å². The van der Waals surface area contributed by atoms with Crippen LogP contribution in [0.2, 0.25) is 10.0 Å². The normalized spacial score (nSPS) is 12.6. The Morgan fingerprint density at radius 1 is 1.39 bits per heavy atom. The van der Waals surface area contributed by atoms with Crippen molar-refractivity contribution in [2.24, 2.45) is 0 Å². The molecule has 0 spiro atoms. The SMILES string of the molecule is CC(C(=O)O)c1nc2cc(Cl)c(Cl)cc2[nH]c1=O. The van der Waals surface area contributed by atoms with Crippen molar-refractivity contribution in [3.05, 3.63) is 38.2 Å². The van der Waals surface area contributed by atoms with Crippen molar-refractivity contribution in [3.8, 4) is 0 Å². The van der Waals surface area contributed by atoms with Gasteiger partial charge in [-0.25, -0.2) is 4.98 Å². The molecule has 0 fully saturated rings. The maximum Gasteiger partial charge on any atom is 0.312 e. The number of aliphatic carboxylic acids is 1. The summed E-state index contributed by atoms with van der Waals surface area (Å²) in [6.45, 7) is 1.39. The van der Waals surface area contributed by atoms with E-state index in [0.29, 0.717) is 16.1 Å². The smallest absolute Gasteiger partial charge is 0.312 e. The molecule has 2 aromatic rings. The standard InChI is InChI=1S/C11H8Cl2N2O3/c1-4(11(17)18)9-10(16)15-8-3-6(13)5(12)2-7(8)14-9/h2-4H,1H3,(H,15,16)(H,17,18). The van der Waals surface area contributed by atoms with E-state index in [4.69, 9.17) is 28.3 Å². The maximum absolute atomic E-state index is 11.7. The molecule has 1 aromatic heterocycles. The number of halogens is 2. The number of rotatable bonds is 2. The summed E-state index contributed by atoms with van der Waals surface area (Å²) in [5, 5.41) is 9.47. The van der Waals surface area contributed by atoms with Crippen LogP contribution in [0, 0.1) is 0 Å². The summed E-state index contributed by atoms with van der Waals surface area (Å²) in [6.07, 6.45) is 0. The third-order valence-electron chi connectivity index (χ3n) is 2.54. The highest BCUT2D eigenvalue weighted by atomic mass is 35.5. The fourth-order valence-corrected chi connectivity index (χ4v) is 1.83. The molecule has 0 radical (unpaired) electrons. The van der Waals surface area contributed by atoms with Crippen LogP contribution < -0.4 is 5.56 Å². The predicted octanol–water partition coefficient (Wildman–Crippen LogP) is 2.42. The summed E-state index contributed by atoms with van der Waals surface area (Å²) in [7, 11) is 0. The van der Waals surface area contributed by atoms with E-state index in [1.165, 1.54) is 19.1 Å². The van der Waals surface area contributed by atoms with Crippen molar-refractivity contribution in [1.29, 1.82) is 0 Å². The highest BCUT2D eigenvalue weighted by molar-refractivity contribution is 6.42. The Hall–Kier alpha value is -1.59. The van der Waals surface area contributed by atoms with Gasteiger partial charge in [-0.3, -0.25) is 9.59 Å². The minimum absolute atomic E-state index is 0.0617. The first-order valence-corrected chi connectivity index (χ1v) is 5.77. The van der Waals surface area contributed by atoms with Crippen LogP contribution in [-0.2, 0) is 4.79 Å². The summed E-state index contributed by atoms with van der Waals surface area (Å²) in [6, 6.07) is 2.95. The molecule has 1 unspecified atom stereocenters. The van der Waals surface area contributed by atoms with Gasteiger partial charge in [-0.2, -0.15) is 0 Å². The van der Waals surface area contributed by atoms with Gasteiger partial charge in [0.05, 0.1) is 21.1 Å². The number of H-pyrrole nitrogens is 1. The second kappa shape index (κ2) is 4.59. The molecule has 2 rings (SSSR count). The number of nitrogens with zero attached hydrogens (tertiary/aromatic N) is 1. The Bertz CT molecular complexity index is 696. The molecule has 0 aliphatic heterocycles. The largest absolute Gasteiger partial charge is 0.481 e. The number of carbonyl (C=O) groups is 1. The van der Waals surface area contributed by atoms with E-state index in [2.05, 4.69) is 9.97 Å². The topological polar surface area (TPSA) is 83.0 Å². The molecular formula is C11H8Cl2N2O3. The molecule has 1 atom stereocenters. The lowest BCUT2D eigenvalue weighted by Crippen LogP contribution is -2.22. The van der Waals surface area contributed by atoms with Gasteiger partial charge in [-0.15, -0.1) is 0 Å². The van der Waals surface area contributed by atoms with Gasteiger partial charge >= 0.3 is 5.97 Å². The summed E-state index contributed by atoms with van der Waals surface area (Å²) >= 11 is 11.7. The molecule has 2 N–H and O–H groups in total. The van der Waals surface area contributed by atoms with Crippen LogP contribution in [0.25, 0.3) is 11.0 Å². The van der Waals surface area contributed by atoms with Crippen molar-refractivity contribution in [2.45, 2.75) is 12.8 Å². The van der Waals surface area contributed by atoms with Crippen molar-refractivity contribution in [1.82, 2.24) is 9.97 Å². The summed E-state index contributed by atoms with van der Waals surface area (Å²) in [4.78, 5) is 29.2. The second-order valence-electron chi connectivity index (χ2n) is 3.79. The Labute approximate surface area is 111 Å². The van der Waals surface area contributed by atoms with Gasteiger partial charge in [-0.05, 0) is 19.1 Å². The summed E-state index contributed by atoms with van der Waals surface area (Å²) in [5.74, 6) is -2.11. The Morgan fingerprint density at radius 2 is 2.00 bits per heavy atom. The lowest BCUT2D eigenvalue weighted by molar-refractivity contribution is -0.138. The number of aromatic nitrogens is 2. The van der Waals surface area contributed by atoms with Gasteiger partial charge in [0, 0.05) is 0 Å². The van der Waals surface area contributed by atoms with E-state index in [0.717, 1.165) is 0 Å².